The Morgan fingerprint density at radius 2 is 2.07 bits per heavy atom. The van der Waals surface area contributed by atoms with E-state index in [9.17, 15) is 14.4 Å². The summed E-state index contributed by atoms with van der Waals surface area (Å²) in [5, 5.41) is 11.1. The smallest absolute Gasteiger partial charge is 0.343 e. The van der Waals surface area contributed by atoms with Crippen molar-refractivity contribution >= 4 is 18.4 Å². The molecule has 0 aromatic rings. The normalized spacial score (nSPS) is 14.6. The number of rotatable bonds is 3. The van der Waals surface area contributed by atoms with Crippen LogP contribution >= 0.6 is 0 Å². The standard InChI is InChI=1S/C8H7NO5/c10-4-14-8(13)6-1-5(7(11)12)2-9-3-6/h2-4,9H,1H2,(H,11,12). The van der Waals surface area contributed by atoms with Crippen molar-refractivity contribution in [1.29, 1.82) is 0 Å². The Morgan fingerprint density at radius 1 is 1.43 bits per heavy atom. The van der Waals surface area contributed by atoms with E-state index in [1.165, 1.54) is 12.4 Å². The number of carbonyl (C=O) groups is 3. The molecular weight excluding hydrogens is 190 g/mol. The molecule has 1 rings (SSSR count). The summed E-state index contributed by atoms with van der Waals surface area (Å²) in [6.45, 7) is 0.00192. The van der Waals surface area contributed by atoms with E-state index in [1.54, 1.807) is 0 Å². The van der Waals surface area contributed by atoms with Gasteiger partial charge in [0.2, 0.25) is 0 Å². The highest BCUT2D eigenvalue weighted by atomic mass is 16.6. The number of carbonyl (C=O) groups excluding carboxylic acids is 2. The van der Waals surface area contributed by atoms with Crippen molar-refractivity contribution in [3.63, 3.8) is 0 Å². The van der Waals surface area contributed by atoms with Crippen molar-refractivity contribution in [3.05, 3.63) is 23.5 Å². The van der Waals surface area contributed by atoms with Gasteiger partial charge in [-0.3, -0.25) is 4.79 Å². The number of hydrogen-bond acceptors (Lipinski definition) is 5. The van der Waals surface area contributed by atoms with Gasteiger partial charge in [-0.25, -0.2) is 9.59 Å². The van der Waals surface area contributed by atoms with Gasteiger partial charge in [-0.2, -0.15) is 0 Å². The molecule has 74 valence electrons. The van der Waals surface area contributed by atoms with Crippen LogP contribution in [0.2, 0.25) is 0 Å². The van der Waals surface area contributed by atoms with E-state index in [0.717, 1.165) is 0 Å². The van der Waals surface area contributed by atoms with Crippen molar-refractivity contribution in [2.24, 2.45) is 0 Å². The summed E-state index contributed by atoms with van der Waals surface area (Å²) < 4.78 is 4.06. The van der Waals surface area contributed by atoms with Gasteiger partial charge >= 0.3 is 18.4 Å². The van der Waals surface area contributed by atoms with Crippen molar-refractivity contribution in [2.75, 3.05) is 0 Å². The lowest BCUT2D eigenvalue weighted by Gasteiger charge is -2.10. The molecule has 1 aliphatic rings. The SMILES string of the molecule is O=COC(=O)C1=CNC=C(C(=O)O)C1. The van der Waals surface area contributed by atoms with Crippen molar-refractivity contribution in [3.8, 4) is 0 Å². The third kappa shape index (κ3) is 2.19. The Hall–Kier alpha value is -2.11. The Balaban J connectivity index is 2.67. The van der Waals surface area contributed by atoms with Gasteiger partial charge in [0.05, 0.1) is 11.1 Å². The Morgan fingerprint density at radius 3 is 2.64 bits per heavy atom. The number of hydrogen-bond donors (Lipinski definition) is 2. The number of dihydropyridines is 1. The summed E-state index contributed by atoms with van der Waals surface area (Å²) in [4.78, 5) is 31.4. The van der Waals surface area contributed by atoms with Gasteiger partial charge in [0.1, 0.15) is 0 Å². The number of nitrogens with one attached hydrogen (secondary N) is 1. The van der Waals surface area contributed by atoms with Gasteiger partial charge in [0.25, 0.3) is 0 Å². The van der Waals surface area contributed by atoms with E-state index >= 15 is 0 Å². The molecule has 0 radical (unpaired) electrons. The van der Waals surface area contributed by atoms with Gasteiger partial charge in [-0.15, -0.1) is 0 Å². The lowest BCUT2D eigenvalue weighted by Crippen LogP contribution is -2.18. The molecule has 0 fully saturated rings. The number of carboxylic acid groups (broad SMARTS) is 1. The molecule has 0 aromatic carbocycles. The van der Waals surface area contributed by atoms with Crippen molar-refractivity contribution in [1.82, 2.24) is 5.32 Å². The molecule has 0 aliphatic carbocycles. The fraction of sp³-hybridized carbons (Fsp3) is 0.125. The molecule has 0 unspecified atom stereocenters. The van der Waals surface area contributed by atoms with E-state index in [0.29, 0.717) is 0 Å². The van der Waals surface area contributed by atoms with Crippen LogP contribution in [-0.4, -0.2) is 23.5 Å². The molecule has 0 bridgehead atoms. The highest BCUT2D eigenvalue weighted by molar-refractivity contribution is 5.96. The van der Waals surface area contributed by atoms with Crippen LogP contribution in [0, 0.1) is 0 Å². The van der Waals surface area contributed by atoms with E-state index in [4.69, 9.17) is 5.11 Å². The van der Waals surface area contributed by atoms with E-state index in [-0.39, 0.29) is 24.0 Å². The fourth-order valence-electron chi connectivity index (χ4n) is 0.938. The lowest BCUT2D eigenvalue weighted by atomic mass is 10.1. The van der Waals surface area contributed by atoms with Crippen molar-refractivity contribution in [2.45, 2.75) is 6.42 Å². The first-order valence-corrected chi connectivity index (χ1v) is 3.67. The summed E-state index contributed by atoms with van der Waals surface area (Å²) in [5.41, 5.74) is 0.127. The third-order valence-corrected chi connectivity index (χ3v) is 1.59. The Kier molecular flexibility index (Phi) is 3.01. The number of carboxylic acids is 1. The average Bonchev–Trinajstić information content (AvgIpc) is 2.18. The van der Waals surface area contributed by atoms with Crippen LogP contribution in [0.25, 0.3) is 0 Å². The zero-order valence-corrected chi connectivity index (χ0v) is 7.02. The Labute approximate surface area is 78.9 Å². The molecule has 1 heterocycles. The molecule has 14 heavy (non-hydrogen) atoms. The maximum Gasteiger partial charge on any atom is 0.343 e. The van der Waals surface area contributed by atoms with Crippen LogP contribution in [0.5, 0.6) is 0 Å². The molecule has 0 amide bonds. The zero-order valence-electron chi connectivity index (χ0n) is 7.02. The van der Waals surface area contributed by atoms with Gasteiger partial charge in [-0.05, 0) is 0 Å². The monoisotopic (exact) mass is 197 g/mol. The summed E-state index contributed by atoms with van der Waals surface area (Å²) in [6, 6.07) is 0. The minimum absolute atomic E-state index is 0.00192. The first kappa shape index (κ1) is 9.97. The second kappa shape index (κ2) is 4.22. The van der Waals surface area contributed by atoms with Gasteiger partial charge in [0, 0.05) is 18.8 Å². The molecule has 1 aliphatic heterocycles. The molecule has 0 saturated heterocycles. The van der Waals surface area contributed by atoms with Crippen LogP contribution in [0.15, 0.2) is 23.5 Å². The Bertz CT molecular complexity index is 342. The van der Waals surface area contributed by atoms with Crippen LogP contribution in [-0.2, 0) is 19.1 Å². The molecule has 0 aromatic heterocycles. The lowest BCUT2D eigenvalue weighted by molar-refractivity contribution is -0.148. The average molecular weight is 197 g/mol. The molecule has 0 atom stereocenters. The zero-order chi connectivity index (χ0) is 10.6. The highest BCUT2D eigenvalue weighted by Gasteiger charge is 2.19. The quantitative estimate of drug-likeness (QED) is 0.361. The van der Waals surface area contributed by atoms with E-state index in [1.807, 2.05) is 0 Å². The highest BCUT2D eigenvalue weighted by Crippen LogP contribution is 2.14. The summed E-state index contributed by atoms with van der Waals surface area (Å²) in [6.07, 6.45) is 2.49. The third-order valence-electron chi connectivity index (χ3n) is 1.59. The summed E-state index contributed by atoms with van der Waals surface area (Å²) >= 11 is 0. The van der Waals surface area contributed by atoms with E-state index < -0.39 is 11.9 Å². The number of esters is 1. The van der Waals surface area contributed by atoms with Gasteiger partial charge in [0.15, 0.2) is 0 Å². The fourth-order valence-corrected chi connectivity index (χ4v) is 0.938. The minimum atomic E-state index is -1.12. The minimum Gasteiger partial charge on any atom is -0.478 e. The van der Waals surface area contributed by atoms with Crippen LogP contribution in [0.3, 0.4) is 0 Å². The largest absolute Gasteiger partial charge is 0.478 e. The second-order valence-electron chi connectivity index (χ2n) is 2.49. The van der Waals surface area contributed by atoms with Crippen molar-refractivity contribution < 1.29 is 24.2 Å². The first-order chi connectivity index (χ1) is 6.65. The van der Waals surface area contributed by atoms with Gasteiger partial charge < -0.3 is 15.2 Å². The predicted octanol–water partition coefficient (Wildman–Crippen LogP) is -0.468. The topological polar surface area (TPSA) is 92.7 Å². The molecular formula is C8H7NO5. The summed E-state index contributed by atoms with van der Waals surface area (Å²) in [5.74, 6) is -1.97. The molecule has 0 spiro atoms. The van der Waals surface area contributed by atoms with E-state index in [2.05, 4.69) is 10.1 Å². The molecule has 6 nitrogen and oxygen atoms in total. The maximum absolute atomic E-state index is 11.0. The van der Waals surface area contributed by atoms with Crippen LogP contribution < -0.4 is 5.32 Å². The summed E-state index contributed by atoms with van der Waals surface area (Å²) in [7, 11) is 0. The second-order valence-corrected chi connectivity index (χ2v) is 2.49. The number of ether oxygens (including phenoxy) is 1. The van der Waals surface area contributed by atoms with Crippen LogP contribution in [0.1, 0.15) is 6.42 Å². The molecule has 6 heteroatoms. The molecule has 2 N–H and O–H groups in total. The predicted molar refractivity (Wildman–Crippen MR) is 43.7 cm³/mol. The maximum atomic E-state index is 11.0. The van der Waals surface area contributed by atoms with Gasteiger partial charge in [-0.1, -0.05) is 0 Å². The molecule has 0 saturated carbocycles. The first-order valence-electron chi connectivity index (χ1n) is 3.67. The number of aliphatic carboxylic acids is 1. The van der Waals surface area contributed by atoms with Crippen LogP contribution in [0.4, 0.5) is 0 Å².